The monoisotopic (exact) mass is 378 g/mol. The first-order valence-corrected chi connectivity index (χ1v) is 9.36. The van der Waals surface area contributed by atoms with E-state index in [0.29, 0.717) is 31.1 Å². The number of amides is 1. The van der Waals surface area contributed by atoms with Gasteiger partial charge in [-0.2, -0.15) is 5.10 Å². The number of hydrogen-bond acceptors (Lipinski definition) is 4. The van der Waals surface area contributed by atoms with Crippen LogP contribution in [0.5, 0.6) is 5.75 Å². The van der Waals surface area contributed by atoms with Crippen molar-refractivity contribution in [2.45, 2.75) is 19.9 Å². The van der Waals surface area contributed by atoms with E-state index in [9.17, 15) is 4.79 Å². The van der Waals surface area contributed by atoms with Crippen molar-refractivity contribution in [3.05, 3.63) is 77.6 Å². The van der Waals surface area contributed by atoms with Crippen LogP contribution in [0.4, 0.5) is 0 Å². The van der Waals surface area contributed by atoms with Gasteiger partial charge in [0.15, 0.2) is 5.69 Å². The second kappa shape index (κ2) is 9.19. The molecule has 0 fully saturated rings. The quantitative estimate of drug-likeness (QED) is 0.653. The Bertz CT molecular complexity index is 921. The Hall–Kier alpha value is -3.12. The van der Waals surface area contributed by atoms with Crippen LogP contribution in [0.15, 0.2) is 60.8 Å². The zero-order valence-electron chi connectivity index (χ0n) is 16.3. The normalized spacial score (nSPS) is 10.7. The molecule has 6 heteroatoms. The van der Waals surface area contributed by atoms with Gasteiger partial charge in [-0.25, -0.2) is 4.68 Å². The van der Waals surface area contributed by atoms with Gasteiger partial charge in [-0.1, -0.05) is 36.4 Å². The number of nitrogens with two attached hydrogens (primary N) is 1. The summed E-state index contributed by atoms with van der Waals surface area (Å²) in [5.74, 6) is 0.597. The highest BCUT2D eigenvalue weighted by Crippen LogP contribution is 2.23. The predicted octanol–water partition coefficient (Wildman–Crippen LogP) is 3.18. The molecule has 0 atom stereocenters. The Morgan fingerprint density at radius 3 is 2.68 bits per heavy atom. The molecular weight excluding hydrogens is 352 g/mol. The van der Waals surface area contributed by atoms with Crippen LogP contribution in [0.2, 0.25) is 0 Å². The van der Waals surface area contributed by atoms with Crippen LogP contribution < -0.4 is 10.5 Å². The number of methoxy groups -OCH3 is 1. The highest BCUT2D eigenvalue weighted by Gasteiger charge is 2.19. The van der Waals surface area contributed by atoms with Crippen LogP contribution in [-0.4, -0.2) is 40.8 Å². The topological polar surface area (TPSA) is 73.4 Å². The highest BCUT2D eigenvalue weighted by molar-refractivity contribution is 5.92. The lowest BCUT2D eigenvalue weighted by molar-refractivity contribution is 0.0736. The van der Waals surface area contributed by atoms with Gasteiger partial charge in [0.1, 0.15) is 11.4 Å². The maximum Gasteiger partial charge on any atom is 0.274 e. The average molecular weight is 378 g/mol. The molecule has 0 bridgehead atoms. The minimum absolute atomic E-state index is 0.109. The van der Waals surface area contributed by atoms with Crippen molar-refractivity contribution in [3.8, 4) is 11.4 Å². The summed E-state index contributed by atoms with van der Waals surface area (Å²) in [5, 5.41) is 4.51. The van der Waals surface area contributed by atoms with Gasteiger partial charge in [0.25, 0.3) is 5.91 Å². The Morgan fingerprint density at radius 1 is 1.18 bits per heavy atom. The zero-order valence-corrected chi connectivity index (χ0v) is 16.3. The second-order valence-electron chi connectivity index (χ2n) is 6.68. The van der Waals surface area contributed by atoms with Gasteiger partial charge in [0.05, 0.1) is 7.11 Å². The van der Waals surface area contributed by atoms with Gasteiger partial charge >= 0.3 is 0 Å². The fraction of sp³-hybridized carbons (Fsp3) is 0.273. The van der Waals surface area contributed by atoms with E-state index < -0.39 is 0 Å². The maximum absolute atomic E-state index is 13.1. The Kier molecular flexibility index (Phi) is 6.45. The molecule has 1 amide bonds. The summed E-state index contributed by atoms with van der Waals surface area (Å²) in [7, 11) is 1.62. The molecule has 0 unspecified atom stereocenters. The zero-order chi connectivity index (χ0) is 19.9. The number of carbonyl (C=O) groups is 1. The fourth-order valence-electron chi connectivity index (χ4n) is 3.05. The predicted molar refractivity (Wildman–Crippen MR) is 110 cm³/mol. The van der Waals surface area contributed by atoms with Gasteiger partial charge in [-0.15, -0.1) is 0 Å². The largest absolute Gasteiger partial charge is 0.494 e. The third-order valence-corrected chi connectivity index (χ3v) is 4.52. The summed E-state index contributed by atoms with van der Waals surface area (Å²) < 4.78 is 7.12. The van der Waals surface area contributed by atoms with Crippen LogP contribution in [0.25, 0.3) is 5.69 Å². The van der Waals surface area contributed by atoms with Crippen molar-refractivity contribution in [1.82, 2.24) is 14.7 Å². The van der Waals surface area contributed by atoms with E-state index in [1.807, 2.05) is 55.5 Å². The van der Waals surface area contributed by atoms with Gasteiger partial charge in [0.2, 0.25) is 0 Å². The van der Waals surface area contributed by atoms with Crippen LogP contribution in [0.1, 0.15) is 28.0 Å². The van der Waals surface area contributed by atoms with Gasteiger partial charge in [-0.05, 0) is 49.2 Å². The molecule has 3 rings (SSSR count). The van der Waals surface area contributed by atoms with E-state index in [0.717, 1.165) is 23.2 Å². The molecule has 2 aromatic carbocycles. The van der Waals surface area contributed by atoms with E-state index in [2.05, 4.69) is 5.10 Å². The number of ether oxygens (including phenoxy) is 1. The molecule has 0 aliphatic rings. The Labute approximate surface area is 165 Å². The van der Waals surface area contributed by atoms with Gasteiger partial charge in [-0.3, -0.25) is 4.79 Å². The lowest BCUT2D eigenvalue weighted by Gasteiger charge is -2.21. The molecule has 146 valence electrons. The molecule has 0 saturated heterocycles. The summed E-state index contributed by atoms with van der Waals surface area (Å²) in [6, 6.07) is 17.5. The minimum atomic E-state index is -0.109. The first-order valence-electron chi connectivity index (χ1n) is 9.36. The van der Waals surface area contributed by atoms with Gasteiger partial charge < -0.3 is 15.4 Å². The number of hydrogen-bond donors (Lipinski definition) is 1. The van der Waals surface area contributed by atoms with E-state index in [1.54, 1.807) is 29.0 Å². The van der Waals surface area contributed by atoms with Crippen molar-refractivity contribution >= 4 is 5.91 Å². The Morgan fingerprint density at radius 2 is 1.96 bits per heavy atom. The van der Waals surface area contributed by atoms with Crippen molar-refractivity contribution in [1.29, 1.82) is 0 Å². The summed E-state index contributed by atoms with van der Waals surface area (Å²) in [4.78, 5) is 14.9. The van der Waals surface area contributed by atoms with Crippen molar-refractivity contribution in [2.75, 3.05) is 20.2 Å². The molecular formula is C22H26N4O2. The molecule has 1 aromatic heterocycles. The number of aryl methyl sites for hydroxylation is 1. The summed E-state index contributed by atoms with van der Waals surface area (Å²) in [6.45, 7) is 3.66. The molecule has 0 saturated carbocycles. The molecule has 6 nitrogen and oxygen atoms in total. The molecule has 0 aliphatic heterocycles. The van der Waals surface area contributed by atoms with Crippen molar-refractivity contribution < 1.29 is 9.53 Å². The van der Waals surface area contributed by atoms with Gasteiger partial charge in [0, 0.05) is 19.3 Å². The van der Waals surface area contributed by atoms with Crippen molar-refractivity contribution in [2.24, 2.45) is 5.73 Å². The number of benzene rings is 2. The highest BCUT2D eigenvalue weighted by atomic mass is 16.5. The number of nitrogens with zero attached hydrogens (tertiary/aromatic N) is 3. The third-order valence-electron chi connectivity index (χ3n) is 4.52. The lowest BCUT2D eigenvalue weighted by atomic mass is 10.2. The molecule has 3 aromatic rings. The van der Waals surface area contributed by atoms with E-state index in [-0.39, 0.29) is 5.91 Å². The summed E-state index contributed by atoms with van der Waals surface area (Å²) >= 11 is 0. The van der Waals surface area contributed by atoms with Crippen LogP contribution in [0.3, 0.4) is 0 Å². The maximum atomic E-state index is 13.1. The first kappa shape index (κ1) is 19.6. The molecule has 2 N–H and O–H groups in total. The van der Waals surface area contributed by atoms with Crippen molar-refractivity contribution in [3.63, 3.8) is 0 Å². The SMILES string of the molecule is COc1ccc(C)cc1-n1ccc(C(=O)N(CCCN)Cc2ccccc2)n1. The fourth-order valence-corrected chi connectivity index (χ4v) is 3.05. The van der Waals surface area contributed by atoms with Crippen LogP contribution in [-0.2, 0) is 6.54 Å². The van der Waals surface area contributed by atoms with E-state index >= 15 is 0 Å². The standard InChI is InChI=1S/C22H26N4O2/c1-17-9-10-21(28-2)20(15-17)26-14-11-19(24-26)22(27)25(13-6-12-23)16-18-7-4-3-5-8-18/h3-5,7-11,14-15H,6,12-13,16,23H2,1-2H3. The molecule has 28 heavy (non-hydrogen) atoms. The first-order chi connectivity index (χ1) is 13.6. The molecule has 0 aliphatic carbocycles. The van der Waals surface area contributed by atoms with E-state index in [4.69, 9.17) is 10.5 Å². The lowest BCUT2D eigenvalue weighted by Crippen LogP contribution is -2.33. The second-order valence-corrected chi connectivity index (χ2v) is 6.68. The third kappa shape index (κ3) is 4.58. The summed E-state index contributed by atoms with van der Waals surface area (Å²) in [5.41, 5.74) is 9.03. The molecule has 0 spiro atoms. The Balaban J connectivity index is 1.85. The van der Waals surface area contributed by atoms with E-state index in [1.165, 1.54) is 0 Å². The molecule has 0 radical (unpaired) electrons. The van der Waals surface area contributed by atoms with Crippen LogP contribution in [0, 0.1) is 6.92 Å². The number of carbonyl (C=O) groups excluding carboxylic acids is 1. The average Bonchev–Trinajstić information content (AvgIpc) is 3.21. The summed E-state index contributed by atoms with van der Waals surface area (Å²) in [6.07, 6.45) is 2.53. The number of rotatable bonds is 8. The smallest absolute Gasteiger partial charge is 0.274 e. The van der Waals surface area contributed by atoms with Crippen LogP contribution >= 0.6 is 0 Å². The number of aromatic nitrogens is 2. The minimum Gasteiger partial charge on any atom is -0.494 e. The molecule has 1 heterocycles.